The molecular formula is C128H102N12. The van der Waals surface area contributed by atoms with Crippen LogP contribution < -0.4 is 0 Å². The molecular weight excluding hydrogens is 1710 g/mol. The lowest BCUT2D eigenvalue weighted by atomic mass is 9.72. The van der Waals surface area contributed by atoms with E-state index in [0.717, 1.165) is 202 Å². The van der Waals surface area contributed by atoms with Crippen molar-refractivity contribution in [3.05, 3.63) is 414 Å². The minimum Gasteiger partial charge on any atom is -0.307 e. The van der Waals surface area contributed by atoms with Crippen LogP contribution in [0.3, 0.4) is 0 Å². The first-order chi connectivity index (χ1) is 67.9. The van der Waals surface area contributed by atoms with Gasteiger partial charge in [0.2, 0.25) is 0 Å². The van der Waals surface area contributed by atoms with Crippen molar-refractivity contribution in [3.63, 3.8) is 0 Å². The number of benzene rings is 15. The fourth-order valence-electron chi connectivity index (χ4n) is 22.7. The Labute approximate surface area is 813 Å². The number of fused-ring (bicyclic) bond motifs is 18. The molecule has 15 aromatic carbocycles. The normalized spacial score (nSPS) is 12.4. The van der Waals surface area contributed by atoms with Crippen LogP contribution in [0.4, 0.5) is 0 Å². The van der Waals surface area contributed by atoms with Crippen molar-refractivity contribution in [2.75, 3.05) is 0 Å². The summed E-state index contributed by atoms with van der Waals surface area (Å²) in [5.74, 6) is 0. The van der Waals surface area contributed by atoms with Gasteiger partial charge in [0.1, 0.15) is 0 Å². The highest BCUT2D eigenvalue weighted by molar-refractivity contribution is 6.17. The van der Waals surface area contributed by atoms with Gasteiger partial charge in [0.15, 0.2) is 0 Å². The highest BCUT2D eigenvalue weighted by Crippen LogP contribution is 2.51. The zero-order valence-electron chi connectivity index (χ0n) is 80.7. The van der Waals surface area contributed by atoms with E-state index in [1.807, 2.05) is 91.8 Å². The van der Waals surface area contributed by atoms with Gasteiger partial charge in [-0.1, -0.05) is 249 Å². The van der Waals surface area contributed by atoms with Crippen LogP contribution in [0.2, 0.25) is 0 Å². The quantitative estimate of drug-likeness (QED) is 0.0838. The van der Waals surface area contributed by atoms with E-state index >= 15 is 0 Å². The van der Waals surface area contributed by atoms with Crippen molar-refractivity contribution in [2.24, 2.45) is 0 Å². The first-order valence-electron chi connectivity index (χ1n) is 48.6. The van der Waals surface area contributed by atoms with Gasteiger partial charge in [-0.15, -0.1) is 0 Å². The zero-order valence-corrected chi connectivity index (χ0v) is 80.7. The first-order valence-corrected chi connectivity index (χ1v) is 48.6. The minimum absolute atomic E-state index is 0.0523. The minimum atomic E-state index is -0.313. The monoisotopic (exact) mass is 1810 g/mol. The van der Waals surface area contributed by atoms with Crippen molar-refractivity contribution in [2.45, 2.75) is 130 Å². The number of aryl methyl sites for hydroxylation is 4. The third-order valence-electron chi connectivity index (χ3n) is 30.4. The van der Waals surface area contributed by atoms with Gasteiger partial charge in [-0.05, 0) is 258 Å². The molecule has 674 valence electrons. The van der Waals surface area contributed by atoms with E-state index in [4.69, 9.17) is 15.0 Å². The van der Waals surface area contributed by atoms with Crippen LogP contribution in [0.25, 0.3) is 198 Å². The van der Waals surface area contributed by atoms with Crippen LogP contribution in [0.5, 0.6) is 0 Å². The van der Waals surface area contributed by atoms with E-state index in [-0.39, 0.29) is 21.7 Å². The van der Waals surface area contributed by atoms with Gasteiger partial charge in [0.25, 0.3) is 0 Å². The molecule has 0 spiro atoms. The van der Waals surface area contributed by atoms with Gasteiger partial charge in [-0.3, -0.25) is 15.0 Å². The third-order valence-corrected chi connectivity index (χ3v) is 30.4. The summed E-state index contributed by atoms with van der Waals surface area (Å²) in [6.07, 6.45) is 15.5. The van der Waals surface area contributed by atoms with E-state index in [1.54, 1.807) is 0 Å². The summed E-state index contributed by atoms with van der Waals surface area (Å²) in [4.78, 5) is 15.7. The molecule has 0 saturated heterocycles. The highest BCUT2D eigenvalue weighted by Gasteiger charge is 2.34. The van der Waals surface area contributed by atoms with Crippen LogP contribution >= 0.6 is 0 Å². The van der Waals surface area contributed by atoms with Gasteiger partial charge in [-0.25, -0.2) is 0 Å². The van der Waals surface area contributed by atoms with Crippen LogP contribution in [0.15, 0.2) is 353 Å². The predicted octanol–water partition coefficient (Wildman–Crippen LogP) is 32.2. The Morgan fingerprint density at radius 3 is 0.843 bits per heavy atom. The molecule has 0 atom stereocenters. The molecule has 0 saturated carbocycles. The van der Waals surface area contributed by atoms with E-state index in [2.05, 4.69) is 390 Å². The second-order valence-corrected chi connectivity index (χ2v) is 41.6. The summed E-state index contributed by atoms with van der Waals surface area (Å²) >= 11 is 0. The number of rotatable bonds is 18. The molecule has 9 heterocycles. The molecule has 140 heavy (non-hydrogen) atoms. The fraction of sp³-hybridized carbons (Fsp3) is 0.156. The van der Waals surface area contributed by atoms with Crippen molar-refractivity contribution in [1.29, 1.82) is 15.8 Å². The highest BCUT2D eigenvalue weighted by atomic mass is 15.1. The molecule has 0 aliphatic heterocycles. The van der Waals surface area contributed by atoms with Gasteiger partial charge in [-0.2, -0.15) is 15.8 Å². The largest absolute Gasteiger partial charge is 0.307 e. The van der Waals surface area contributed by atoms with Crippen LogP contribution in [-0.4, -0.2) is 42.4 Å². The molecule has 0 N–H and O–H groups in total. The molecule has 12 heteroatoms. The second-order valence-electron chi connectivity index (χ2n) is 41.6. The summed E-state index contributed by atoms with van der Waals surface area (Å²) < 4.78 is 14.4. The van der Waals surface area contributed by atoms with Crippen molar-refractivity contribution in [1.82, 2.24) is 42.4 Å². The Balaban J connectivity index is 0.577. The van der Waals surface area contributed by atoms with Crippen LogP contribution in [-0.2, 0) is 28.1 Å². The van der Waals surface area contributed by atoms with E-state index in [0.29, 0.717) is 16.7 Å². The van der Waals surface area contributed by atoms with E-state index in [1.165, 1.54) is 66.1 Å². The van der Waals surface area contributed by atoms with Gasteiger partial charge < -0.3 is 27.4 Å². The average Bonchev–Trinajstić information content (AvgIpc) is 1.57. The number of hydrogen-bond donors (Lipinski definition) is 0. The number of pyridine rings is 3. The molecule has 0 aliphatic carbocycles. The fourth-order valence-corrected chi connectivity index (χ4v) is 22.7. The summed E-state index contributed by atoms with van der Waals surface area (Å²) in [5, 5.41) is 45.7. The Hall–Kier alpha value is -17.0. The molecule has 0 fully saturated rings. The summed E-state index contributed by atoms with van der Waals surface area (Å²) in [7, 11) is 0. The maximum absolute atomic E-state index is 10.8. The number of nitrogens with zero attached hydrogens (tertiary/aromatic N) is 12. The Kier molecular flexibility index (Phi) is 20.0. The van der Waals surface area contributed by atoms with Crippen LogP contribution in [0, 0.1) is 54.8 Å². The number of nitriles is 3. The van der Waals surface area contributed by atoms with Crippen molar-refractivity contribution >= 4 is 131 Å². The first kappa shape index (κ1) is 85.9. The van der Waals surface area contributed by atoms with Gasteiger partial charge in [0, 0.05) is 81.3 Å². The lowest BCUT2D eigenvalue weighted by molar-refractivity contribution is 0.375. The maximum atomic E-state index is 10.8. The Morgan fingerprint density at radius 2 is 0.493 bits per heavy atom. The number of aromatic nitrogens is 9. The predicted molar refractivity (Wildman–Crippen MR) is 579 cm³/mol. The lowest BCUT2D eigenvalue weighted by Gasteiger charge is -2.32. The molecule has 12 nitrogen and oxygen atoms in total. The van der Waals surface area contributed by atoms with Crippen LogP contribution in [0.1, 0.15) is 143 Å². The van der Waals surface area contributed by atoms with Crippen molar-refractivity contribution < 1.29 is 0 Å². The third kappa shape index (κ3) is 13.9. The Bertz CT molecular complexity index is 9440. The lowest BCUT2D eigenvalue weighted by Crippen LogP contribution is -2.24. The summed E-state index contributed by atoms with van der Waals surface area (Å²) in [5.41, 5.74) is 34.7. The van der Waals surface area contributed by atoms with E-state index < -0.39 is 0 Å². The summed E-state index contributed by atoms with van der Waals surface area (Å²) in [6, 6.07) is 122. The molecule has 24 aromatic rings. The molecule has 9 aromatic heterocycles. The standard InChI is InChI=1S/C128H102N12/c1-78-38-48-108-98(58-78)99-59-79(2)39-49-109(99)137(108)118-74-133-75-119(123(118)86-28-22-25-83(62-86)70-130)138-110-50-40-80(3)60-100(110)101-64-81(41-51-111(101)138)54-55-126(7,8)90-42-46-96-92-30-13-17-34-104(92)139(114(96)67-90)120-76-134-77-121(124(120)87-29-23-26-84(63-87)71-131)140-105-35-18-14-31-93(105)97-47-43-91(68-115(97)140)128(11,12)57-56-127(9,10)89-45-53-113-103(66-89)95-33-16-20-37-107(95)136(113)117-73-132-72-116(122(117)85-27-21-24-82(61-85)69-129)135-106-36-19-15-32-94(106)102-65-88(125(4,5)6)44-52-112(102)135/h13-53,58-68,72-77H,54-57H2,1-12H3. The summed E-state index contributed by atoms with van der Waals surface area (Å²) in [6.45, 7) is 27.7. The van der Waals surface area contributed by atoms with Crippen molar-refractivity contribution in [3.8, 4) is 85.7 Å². The maximum Gasteiger partial charge on any atom is 0.0991 e. The molecule has 24 rings (SSSR count). The smallest absolute Gasteiger partial charge is 0.0991 e. The van der Waals surface area contributed by atoms with Gasteiger partial charge in [0.05, 0.1) is 172 Å². The Morgan fingerprint density at radius 1 is 0.229 bits per heavy atom. The second kappa shape index (κ2) is 32.6. The number of hydrogen-bond acceptors (Lipinski definition) is 6. The molecule has 0 aliphatic rings. The molecule has 0 amide bonds. The zero-order chi connectivity index (χ0) is 95.7. The topological polar surface area (TPSA) is 140 Å². The van der Waals surface area contributed by atoms with E-state index in [9.17, 15) is 15.8 Å². The molecule has 0 bridgehead atoms. The molecule has 0 unspecified atom stereocenters. The molecule has 0 radical (unpaired) electrons. The number of para-hydroxylation sites is 4. The average molecular weight is 1810 g/mol. The SMILES string of the molecule is Cc1ccc2c(c1)c1cc(C)ccc1n2-c1cncc(-n2c3ccc(C)cc3c3cc(CCC(C)(C)c4ccc5c6ccccc6n(-c6cncc(-n7c8ccccc8c8ccc(C(C)(C)CCC(C)(C)c9ccc%10c(c9)c9ccccc9n%10-c9cncc(-n%10c%11ccccc%11c%11cc(C(C)(C)C)ccc%11%10)c9-c9cccc(C#N)c9)cc87)c6-c6cccc(C#N)c6)c5c4)ccc32)c1-c1cccc(C#N)c1. The van der Waals surface area contributed by atoms with Gasteiger partial charge >= 0.3 is 0 Å².